The number of amides is 1. The molecule has 1 amide bonds. The van der Waals surface area contributed by atoms with Gasteiger partial charge in [0.2, 0.25) is 0 Å². The van der Waals surface area contributed by atoms with Crippen molar-refractivity contribution >= 4 is 23.2 Å². The second kappa shape index (κ2) is 6.49. The Morgan fingerprint density at radius 1 is 1.08 bits per heavy atom. The summed E-state index contributed by atoms with van der Waals surface area (Å²) in [6.45, 7) is 1.02. The molecule has 1 aliphatic rings. The number of fused-ring (bicyclic) bond motifs is 1. The van der Waals surface area contributed by atoms with Crippen LogP contribution in [-0.4, -0.2) is 28.9 Å². The molecule has 0 saturated heterocycles. The topological polar surface area (TPSA) is 65.4 Å². The van der Waals surface area contributed by atoms with Gasteiger partial charge in [-0.1, -0.05) is 17.7 Å². The van der Waals surface area contributed by atoms with Crippen LogP contribution in [0.5, 0.6) is 11.5 Å². The van der Waals surface area contributed by atoms with Crippen molar-refractivity contribution in [1.29, 1.82) is 0 Å². The van der Waals surface area contributed by atoms with E-state index in [9.17, 15) is 4.79 Å². The summed E-state index contributed by atoms with van der Waals surface area (Å²) >= 11 is 5.99. The summed E-state index contributed by atoms with van der Waals surface area (Å²) in [4.78, 5) is 12.4. The number of benzene rings is 2. The number of carbonyl (C=O) groups excluding carboxylic acids is 1. The summed E-state index contributed by atoms with van der Waals surface area (Å²) in [7, 11) is 0. The molecule has 0 bridgehead atoms. The number of rotatable bonds is 3. The number of nitrogens with zero attached hydrogens (tertiary/aromatic N) is 2. The van der Waals surface area contributed by atoms with Crippen LogP contribution in [0.2, 0.25) is 5.02 Å². The number of nitrogens with one attached hydrogen (secondary N) is 1. The van der Waals surface area contributed by atoms with Crippen molar-refractivity contribution in [3.05, 3.63) is 65.4 Å². The van der Waals surface area contributed by atoms with Gasteiger partial charge in [0.05, 0.1) is 5.69 Å². The minimum Gasteiger partial charge on any atom is -0.486 e. The lowest BCUT2D eigenvalue weighted by Gasteiger charge is -2.18. The second-order valence-corrected chi connectivity index (χ2v) is 5.87. The first-order valence-electron chi connectivity index (χ1n) is 7.72. The third-order valence-electron chi connectivity index (χ3n) is 3.69. The van der Waals surface area contributed by atoms with E-state index in [1.165, 1.54) is 0 Å². The molecule has 0 radical (unpaired) electrons. The number of hydrogen-bond donors (Lipinski definition) is 1. The minimum atomic E-state index is -0.308. The fourth-order valence-corrected chi connectivity index (χ4v) is 2.71. The van der Waals surface area contributed by atoms with Gasteiger partial charge in [-0.15, -0.1) is 0 Å². The van der Waals surface area contributed by atoms with Crippen LogP contribution in [0.25, 0.3) is 5.69 Å². The lowest BCUT2D eigenvalue weighted by molar-refractivity contribution is 0.102. The van der Waals surface area contributed by atoms with Gasteiger partial charge in [0.25, 0.3) is 5.91 Å². The van der Waals surface area contributed by atoms with Crippen LogP contribution in [-0.2, 0) is 0 Å². The highest BCUT2D eigenvalue weighted by molar-refractivity contribution is 6.30. The van der Waals surface area contributed by atoms with Crippen LogP contribution < -0.4 is 14.8 Å². The zero-order valence-corrected chi connectivity index (χ0v) is 13.9. The van der Waals surface area contributed by atoms with E-state index >= 15 is 0 Å². The Balaban J connectivity index is 1.52. The molecule has 7 heteroatoms. The third kappa shape index (κ3) is 3.29. The van der Waals surface area contributed by atoms with E-state index in [-0.39, 0.29) is 5.91 Å². The Labute approximate surface area is 148 Å². The standard InChI is InChI=1S/C18H14ClN3O3/c19-12-2-1-3-14(10-12)22-7-6-15(21-22)18(23)20-13-4-5-16-17(11-13)25-9-8-24-16/h1-7,10-11H,8-9H2,(H,20,23). The van der Waals surface area contributed by atoms with Crippen molar-refractivity contribution in [2.75, 3.05) is 18.5 Å². The molecular formula is C18H14ClN3O3. The molecule has 2 heterocycles. The Morgan fingerprint density at radius 2 is 1.92 bits per heavy atom. The van der Waals surface area contributed by atoms with Crippen molar-refractivity contribution in [1.82, 2.24) is 9.78 Å². The normalized spacial score (nSPS) is 12.7. The minimum absolute atomic E-state index is 0.301. The number of anilines is 1. The average molecular weight is 356 g/mol. The van der Waals surface area contributed by atoms with Crippen LogP contribution in [0.3, 0.4) is 0 Å². The summed E-state index contributed by atoms with van der Waals surface area (Å²) in [5.74, 6) is 0.987. The molecule has 2 aromatic carbocycles. The molecule has 6 nitrogen and oxygen atoms in total. The zero-order chi connectivity index (χ0) is 17.2. The SMILES string of the molecule is O=C(Nc1ccc2c(c1)OCCO2)c1ccn(-c2cccc(Cl)c2)n1. The fourth-order valence-electron chi connectivity index (χ4n) is 2.52. The van der Waals surface area contributed by atoms with Crippen molar-refractivity contribution in [3.63, 3.8) is 0 Å². The van der Waals surface area contributed by atoms with E-state index in [1.54, 1.807) is 47.3 Å². The largest absolute Gasteiger partial charge is 0.486 e. The summed E-state index contributed by atoms with van der Waals surface area (Å²) in [5, 5.41) is 7.71. The monoisotopic (exact) mass is 355 g/mol. The molecule has 0 unspecified atom stereocenters. The average Bonchev–Trinajstić information content (AvgIpc) is 3.12. The van der Waals surface area contributed by atoms with Crippen LogP contribution >= 0.6 is 11.6 Å². The zero-order valence-electron chi connectivity index (χ0n) is 13.1. The maximum atomic E-state index is 12.4. The molecule has 1 aliphatic heterocycles. The van der Waals surface area contributed by atoms with E-state index in [0.717, 1.165) is 5.69 Å². The number of halogens is 1. The quantitative estimate of drug-likeness (QED) is 0.780. The highest BCUT2D eigenvalue weighted by atomic mass is 35.5. The number of aromatic nitrogens is 2. The van der Waals surface area contributed by atoms with Gasteiger partial charge in [0.1, 0.15) is 13.2 Å². The van der Waals surface area contributed by atoms with Gasteiger partial charge in [-0.05, 0) is 36.4 Å². The van der Waals surface area contributed by atoms with Gasteiger partial charge >= 0.3 is 0 Å². The van der Waals surface area contributed by atoms with E-state index in [4.69, 9.17) is 21.1 Å². The second-order valence-electron chi connectivity index (χ2n) is 5.44. The third-order valence-corrected chi connectivity index (χ3v) is 3.93. The number of carbonyl (C=O) groups is 1. The van der Waals surface area contributed by atoms with Gasteiger partial charge < -0.3 is 14.8 Å². The van der Waals surface area contributed by atoms with Crippen molar-refractivity contribution in [3.8, 4) is 17.2 Å². The first kappa shape index (κ1) is 15.5. The van der Waals surface area contributed by atoms with Crippen molar-refractivity contribution < 1.29 is 14.3 Å². The van der Waals surface area contributed by atoms with Crippen LogP contribution in [0, 0.1) is 0 Å². The molecule has 1 aromatic heterocycles. The summed E-state index contributed by atoms with van der Waals surface area (Å²) in [5.41, 5.74) is 1.70. The van der Waals surface area contributed by atoms with Crippen molar-refractivity contribution in [2.45, 2.75) is 0 Å². The van der Waals surface area contributed by atoms with E-state index in [0.29, 0.717) is 41.1 Å². The molecule has 4 rings (SSSR count). The summed E-state index contributed by atoms with van der Waals surface area (Å²) < 4.78 is 12.6. The molecule has 126 valence electrons. The summed E-state index contributed by atoms with van der Waals surface area (Å²) in [6, 6.07) is 14.2. The lowest BCUT2D eigenvalue weighted by atomic mass is 10.2. The predicted molar refractivity (Wildman–Crippen MR) is 94.0 cm³/mol. The Hall–Kier alpha value is -2.99. The number of hydrogen-bond acceptors (Lipinski definition) is 4. The highest BCUT2D eigenvalue weighted by Gasteiger charge is 2.15. The first-order valence-corrected chi connectivity index (χ1v) is 8.09. The van der Waals surface area contributed by atoms with E-state index in [2.05, 4.69) is 10.4 Å². The molecule has 3 aromatic rings. The number of ether oxygens (including phenoxy) is 2. The van der Waals surface area contributed by atoms with E-state index < -0.39 is 0 Å². The van der Waals surface area contributed by atoms with E-state index in [1.807, 2.05) is 12.1 Å². The van der Waals surface area contributed by atoms with Gasteiger partial charge in [-0.2, -0.15) is 5.10 Å². The maximum Gasteiger partial charge on any atom is 0.276 e. The van der Waals surface area contributed by atoms with Gasteiger partial charge in [-0.25, -0.2) is 4.68 Å². The van der Waals surface area contributed by atoms with Crippen LogP contribution in [0.15, 0.2) is 54.7 Å². The smallest absolute Gasteiger partial charge is 0.276 e. The predicted octanol–water partition coefficient (Wildman–Crippen LogP) is 3.55. The Bertz CT molecular complexity index is 939. The van der Waals surface area contributed by atoms with Crippen molar-refractivity contribution in [2.24, 2.45) is 0 Å². The fraction of sp³-hybridized carbons (Fsp3) is 0.111. The summed E-state index contributed by atoms with van der Waals surface area (Å²) in [6.07, 6.45) is 1.71. The molecule has 0 spiro atoms. The molecular weight excluding hydrogens is 342 g/mol. The molecule has 0 aliphatic carbocycles. The Kier molecular flexibility index (Phi) is 4.03. The molecule has 0 atom stereocenters. The maximum absolute atomic E-state index is 12.4. The van der Waals surface area contributed by atoms with Gasteiger partial charge in [0, 0.05) is 23.0 Å². The molecule has 1 N–H and O–H groups in total. The molecule has 0 fully saturated rings. The lowest BCUT2D eigenvalue weighted by Crippen LogP contribution is -2.16. The van der Waals surface area contributed by atoms with Crippen LogP contribution in [0.1, 0.15) is 10.5 Å². The van der Waals surface area contributed by atoms with Crippen LogP contribution in [0.4, 0.5) is 5.69 Å². The van der Waals surface area contributed by atoms with Gasteiger partial charge in [-0.3, -0.25) is 4.79 Å². The Morgan fingerprint density at radius 3 is 2.76 bits per heavy atom. The highest BCUT2D eigenvalue weighted by Crippen LogP contribution is 2.32. The molecule has 25 heavy (non-hydrogen) atoms. The first-order chi connectivity index (χ1) is 12.2. The van der Waals surface area contributed by atoms with Gasteiger partial charge in [0.15, 0.2) is 17.2 Å². The molecule has 0 saturated carbocycles.